The van der Waals surface area contributed by atoms with E-state index in [1.165, 1.54) is 0 Å². The van der Waals surface area contributed by atoms with Crippen molar-refractivity contribution in [2.45, 2.75) is 45.3 Å². The van der Waals surface area contributed by atoms with Gasteiger partial charge >= 0.3 is 0 Å². The number of aliphatic imine (C=N–C) groups is 1. The van der Waals surface area contributed by atoms with Crippen molar-refractivity contribution < 1.29 is 4.74 Å². The van der Waals surface area contributed by atoms with Crippen LogP contribution in [0.4, 0.5) is 0 Å². The van der Waals surface area contributed by atoms with E-state index in [-0.39, 0.29) is 5.54 Å². The Morgan fingerprint density at radius 3 is 2.84 bits per heavy atom. The van der Waals surface area contributed by atoms with E-state index in [0.29, 0.717) is 6.10 Å². The Bertz CT molecular complexity index is 329. The Labute approximate surface area is 116 Å². The number of likely N-dealkylation sites (N-methyl/N-ethyl adjacent to an activating group) is 1. The predicted molar refractivity (Wildman–Crippen MR) is 78.4 cm³/mol. The summed E-state index contributed by atoms with van der Waals surface area (Å²) in [6, 6.07) is 0. The van der Waals surface area contributed by atoms with Crippen molar-refractivity contribution >= 4 is 5.96 Å². The SMILES string of the molecule is CCN(CC)CCN1C(N)=NCC12CCOC(C)C2. The first-order valence-electron chi connectivity index (χ1n) is 7.53. The van der Waals surface area contributed by atoms with Crippen LogP contribution in [-0.4, -0.2) is 66.7 Å². The molecule has 2 aliphatic rings. The topological polar surface area (TPSA) is 54.1 Å². The third-order valence-electron chi connectivity index (χ3n) is 4.56. The first-order chi connectivity index (χ1) is 9.11. The molecule has 0 bridgehead atoms. The summed E-state index contributed by atoms with van der Waals surface area (Å²) in [5, 5.41) is 0. The van der Waals surface area contributed by atoms with Crippen LogP contribution in [0.5, 0.6) is 0 Å². The van der Waals surface area contributed by atoms with Gasteiger partial charge in [-0.25, -0.2) is 0 Å². The summed E-state index contributed by atoms with van der Waals surface area (Å²) in [4.78, 5) is 9.28. The number of nitrogens with two attached hydrogens (primary N) is 1. The van der Waals surface area contributed by atoms with Crippen LogP contribution >= 0.6 is 0 Å². The minimum absolute atomic E-state index is 0.120. The maximum absolute atomic E-state index is 6.12. The Kier molecular flexibility index (Phi) is 4.68. The van der Waals surface area contributed by atoms with E-state index in [0.717, 1.165) is 58.1 Å². The predicted octanol–water partition coefficient (Wildman–Crippen LogP) is 0.896. The van der Waals surface area contributed by atoms with Crippen LogP contribution in [0.2, 0.25) is 0 Å². The van der Waals surface area contributed by atoms with Gasteiger partial charge in [0.05, 0.1) is 18.2 Å². The van der Waals surface area contributed by atoms with Crippen molar-refractivity contribution in [3.05, 3.63) is 0 Å². The van der Waals surface area contributed by atoms with Crippen molar-refractivity contribution in [3.63, 3.8) is 0 Å². The average molecular weight is 268 g/mol. The molecule has 19 heavy (non-hydrogen) atoms. The van der Waals surface area contributed by atoms with E-state index < -0.39 is 0 Å². The van der Waals surface area contributed by atoms with Crippen molar-refractivity contribution in [1.29, 1.82) is 0 Å². The quantitative estimate of drug-likeness (QED) is 0.805. The van der Waals surface area contributed by atoms with Crippen molar-refractivity contribution in [2.24, 2.45) is 10.7 Å². The number of ether oxygens (including phenoxy) is 1. The average Bonchev–Trinajstić information content (AvgIpc) is 2.68. The zero-order valence-corrected chi connectivity index (χ0v) is 12.6. The maximum atomic E-state index is 6.12. The largest absolute Gasteiger partial charge is 0.378 e. The van der Waals surface area contributed by atoms with Crippen LogP contribution in [0.25, 0.3) is 0 Å². The summed E-state index contributed by atoms with van der Waals surface area (Å²) in [5.41, 5.74) is 6.24. The third-order valence-corrected chi connectivity index (χ3v) is 4.56. The van der Waals surface area contributed by atoms with Crippen LogP contribution in [0, 0.1) is 0 Å². The summed E-state index contributed by atoms with van der Waals surface area (Å²) in [6.07, 6.45) is 2.39. The molecule has 1 spiro atoms. The van der Waals surface area contributed by atoms with Crippen LogP contribution in [0.15, 0.2) is 4.99 Å². The van der Waals surface area contributed by atoms with Crippen LogP contribution in [0.1, 0.15) is 33.6 Å². The molecule has 2 rings (SSSR count). The van der Waals surface area contributed by atoms with E-state index in [2.05, 4.69) is 35.6 Å². The highest BCUT2D eigenvalue weighted by Gasteiger charge is 2.44. The lowest BCUT2D eigenvalue weighted by atomic mass is 9.86. The van der Waals surface area contributed by atoms with Gasteiger partial charge in [0.25, 0.3) is 0 Å². The highest BCUT2D eigenvalue weighted by atomic mass is 16.5. The van der Waals surface area contributed by atoms with Crippen molar-refractivity contribution in [1.82, 2.24) is 9.80 Å². The molecule has 2 unspecified atom stereocenters. The van der Waals surface area contributed by atoms with E-state index >= 15 is 0 Å². The zero-order valence-electron chi connectivity index (χ0n) is 12.6. The second kappa shape index (κ2) is 6.09. The molecule has 0 radical (unpaired) electrons. The molecule has 0 aromatic carbocycles. The van der Waals surface area contributed by atoms with Crippen molar-refractivity contribution in [3.8, 4) is 0 Å². The second-order valence-corrected chi connectivity index (χ2v) is 5.71. The minimum Gasteiger partial charge on any atom is -0.378 e. The molecular weight excluding hydrogens is 240 g/mol. The van der Waals surface area contributed by atoms with E-state index in [4.69, 9.17) is 10.5 Å². The van der Waals surface area contributed by atoms with Gasteiger partial charge in [-0.1, -0.05) is 13.8 Å². The molecule has 110 valence electrons. The van der Waals surface area contributed by atoms with Crippen molar-refractivity contribution in [2.75, 3.05) is 39.3 Å². The number of hydrogen-bond donors (Lipinski definition) is 1. The molecule has 2 heterocycles. The van der Waals surface area contributed by atoms with Gasteiger partial charge in [0, 0.05) is 19.7 Å². The van der Waals surface area contributed by atoms with E-state index in [1.54, 1.807) is 0 Å². The van der Waals surface area contributed by atoms with Gasteiger partial charge in [-0.2, -0.15) is 0 Å². The fourth-order valence-electron chi connectivity index (χ4n) is 3.31. The summed E-state index contributed by atoms with van der Waals surface area (Å²) >= 11 is 0. The fraction of sp³-hybridized carbons (Fsp3) is 0.929. The molecule has 0 amide bonds. The lowest BCUT2D eigenvalue weighted by Gasteiger charge is -2.44. The van der Waals surface area contributed by atoms with Gasteiger partial charge in [0.1, 0.15) is 0 Å². The highest BCUT2D eigenvalue weighted by molar-refractivity contribution is 5.81. The fourth-order valence-corrected chi connectivity index (χ4v) is 3.31. The molecule has 2 atom stereocenters. The Hall–Kier alpha value is -0.810. The summed E-state index contributed by atoms with van der Waals surface area (Å²) in [6.45, 7) is 12.4. The van der Waals surface area contributed by atoms with Crippen LogP contribution < -0.4 is 5.73 Å². The standard InChI is InChI=1S/C14H28N4O/c1-4-17(5-2)7-8-18-13(15)16-11-14(18)6-9-19-12(3)10-14/h12H,4-11H2,1-3H3,(H2,15,16). The first kappa shape index (κ1) is 14.6. The number of nitrogens with zero attached hydrogens (tertiary/aromatic N) is 3. The van der Waals surface area contributed by atoms with Gasteiger partial charge in [-0.15, -0.1) is 0 Å². The van der Waals surface area contributed by atoms with Gasteiger partial charge in [-0.3, -0.25) is 4.99 Å². The molecule has 5 heteroatoms. The zero-order chi connectivity index (χ0) is 13.9. The van der Waals surface area contributed by atoms with Crippen LogP contribution in [-0.2, 0) is 4.74 Å². The lowest BCUT2D eigenvalue weighted by molar-refractivity contribution is -0.0393. The third kappa shape index (κ3) is 3.03. The minimum atomic E-state index is 0.120. The van der Waals surface area contributed by atoms with Gasteiger partial charge in [0.2, 0.25) is 0 Å². The Morgan fingerprint density at radius 1 is 1.47 bits per heavy atom. The van der Waals surface area contributed by atoms with Gasteiger partial charge in [-0.05, 0) is 32.9 Å². The normalized spacial score (nSPS) is 31.3. The van der Waals surface area contributed by atoms with Gasteiger partial charge < -0.3 is 20.3 Å². The highest BCUT2D eigenvalue weighted by Crippen LogP contribution is 2.34. The Balaban J connectivity index is 2.00. The van der Waals surface area contributed by atoms with Crippen LogP contribution in [0.3, 0.4) is 0 Å². The van der Waals surface area contributed by atoms with E-state index in [9.17, 15) is 0 Å². The molecule has 1 saturated heterocycles. The molecule has 0 saturated carbocycles. The molecule has 0 aliphatic carbocycles. The number of hydrogen-bond acceptors (Lipinski definition) is 5. The molecule has 2 aliphatic heterocycles. The smallest absolute Gasteiger partial charge is 0.191 e. The number of guanidine groups is 1. The molecule has 1 fully saturated rings. The monoisotopic (exact) mass is 268 g/mol. The lowest BCUT2D eigenvalue weighted by Crippen LogP contribution is -2.57. The molecule has 0 aromatic rings. The molecule has 5 nitrogen and oxygen atoms in total. The second-order valence-electron chi connectivity index (χ2n) is 5.71. The summed E-state index contributed by atoms with van der Waals surface area (Å²) in [5.74, 6) is 0.723. The first-order valence-corrected chi connectivity index (χ1v) is 7.53. The number of rotatable bonds is 5. The maximum Gasteiger partial charge on any atom is 0.191 e. The molecular formula is C14H28N4O. The molecule has 2 N–H and O–H groups in total. The van der Waals surface area contributed by atoms with E-state index in [1.807, 2.05) is 0 Å². The molecule has 0 aromatic heterocycles. The van der Waals surface area contributed by atoms with Gasteiger partial charge in [0.15, 0.2) is 5.96 Å². The summed E-state index contributed by atoms with van der Waals surface area (Å²) < 4.78 is 5.69. The summed E-state index contributed by atoms with van der Waals surface area (Å²) in [7, 11) is 0. The Morgan fingerprint density at radius 2 is 2.21 bits per heavy atom.